The Morgan fingerprint density at radius 2 is 1.54 bits per heavy atom. The van der Waals surface area contributed by atoms with Crippen molar-refractivity contribution in [1.82, 2.24) is 4.90 Å². The van der Waals surface area contributed by atoms with Crippen LogP contribution in [-0.2, 0) is 10.0 Å². The molecule has 0 aliphatic carbocycles. The summed E-state index contributed by atoms with van der Waals surface area (Å²) in [6.45, 7) is 1.57. The number of hydrogen-bond donors (Lipinski definition) is 0. The molecule has 0 amide bonds. The summed E-state index contributed by atoms with van der Waals surface area (Å²) in [5, 5.41) is 0. The fourth-order valence-electron chi connectivity index (χ4n) is 2.76. The standard InChI is InChI=1S/C18H19FN2O2S/c19-16-9-11-17(12-10-16)24(22,23)20-18(15-7-3-1-4-8-15)21-13-5-2-6-14-21/h1,3-4,7-12H,2,5-6,13-14H2/b20-18-. The van der Waals surface area contributed by atoms with Crippen molar-refractivity contribution in [3.8, 4) is 0 Å². The first-order valence-electron chi connectivity index (χ1n) is 7.97. The molecule has 0 bridgehead atoms. The first-order valence-corrected chi connectivity index (χ1v) is 9.41. The van der Waals surface area contributed by atoms with Gasteiger partial charge in [-0.3, -0.25) is 0 Å². The third-order valence-corrected chi connectivity index (χ3v) is 5.29. The van der Waals surface area contributed by atoms with Crippen LogP contribution >= 0.6 is 0 Å². The van der Waals surface area contributed by atoms with Crippen LogP contribution in [0.2, 0.25) is 0 Å². The number of amidine groups is 1. The van der Waals surface area contributed by atoms with Gasteiger partial charge in [-0.2, -0.15) is 8.42 Å². The zero-order chi connectivity index (χ0) is 17.0. The van der Waals surface area contributed by atoms with Crippen molar-refractivity contribution in [1.29, 1.82) is 0 Å². The van der Waals surface area contributed by atoms with Gasteiger partial charge in [0.15, 0.2) is 0 Å². The molecule has 0 unspecified atom stereocenters. The summed E-state index contributed by atoms with van der Waals surface area (Å²) in [4.78, 5) is 2.01. The lowest BCUT2D eigenvalue weighted by molar-refractivity contribution is 0.343. The number of piperidine rings is 1. The minimum absolute atomic E-state index is 0.00524. The Balaban J connectivity index is 2.03. The molecule has 0 radical (unpaired) electrons. The number of sulfonamides is 1. The Kier molecular flexibility index (Phi) is 4.94. The number of likely N-dealkylation sites (tertiary alicyclic amines) is 1. The molecule has 1 saturated heterocycles. The van der Waals surface area contributed by atoms with Crippen molar-refractivity contribution in [3.63, 3.8) is 0 Å². The van der Waals surface area contributed by atoms with Gasteiger partial charge in [-0.25, -0.2) is 4.39 Å². The molecule has 0 spiro atoms. The van der Waals surface area contributed by atoms with E-state index in [1.165, 1.54) is 12.1 Å². The van der Waals surface area contributed by atoms with E-state index in [9.17, 15) is 12.8 Å². The molecule has 24 heavy (non-hydrogen) atoms. The van der Waals surface area contributed by atoms with Gasteiger partial charge in [0, 0.05) is 18.7 Å². The number of nitrogens with zero attached hydrogens (tertiary/aromatic N) is 2. The van der Waals surface area contributed by atoms with Crippen LogP contribution in [0.15, 0.2) is 63.9 Å². The van der Waals surface area contributed by atoms with E-state index >= 15 is 0 Å². The Bertz CT molecular complexity index is 812. The van der Waals surface area contributed by atoms with Gasteiger partial charge in [0.25, 0.3) is 10.0 Å². The highest BCUT2D eigenvalue weighted by molar-refractivity contribution is 7.90. The van der Waals surface area contributed by atoms with Crippen molar-refractivity contribution < 1.29 is 12.8 Å². The van der Waals surface area contributed by atoms with Gasteiger partial charge in [0.2, 0.25) is 0 Å². The van der Waals surface area contributed by atoms with Crippen molar-refractivity contribution in [3.05, 3.63) is 66.0 Å². The second kappa shape index (κ2) is 7.13. The number of benzene rings is 2. The first kappa shape index (κ1) is 16.6. The quantitative estimate of drug-likeness (QED) is 0.632. The predicted octanol–water partition coefficient (Wildman–Crippen LogP) is 3.45. The van der Waals surface area contributed by atoms with E-state index < -0.39 is 15.8 Å². The molecule has 1 fully saturated rings. The van der Waals surface area contributed by atoms with Crippen LogP contribution in [0, 0.1) is 5.82 Å². The Labute approximate surface area is 141 Å². The molecule has 126 valence electrons. The molecular weight excluding hydrogens is 327 g/mol. The monoisotopic (exact) mass is 346 g/mol. The maximum atomic E-state index is 13.1. The zero-order valence-electron chi connectivity index (χ0n) is 13.2. The topological polar surface area (TPSA) is 49.7 Å². The maximum Gasteiger partial charge on any atom is 0.284 e. The fraction of sp³-hybridized carbons (Fsp3) is 0.278. The Morgan fingerprint density at radius 3 is 2.17 bits per heavy atom. The summed E-state index contributed by atoms with van der Waals surface area (Å²) in [5.41, 5.74) is 0.769. The molecule has 1 aliphatic rings. The average Bonchev–Trinajstić information content (AvgIpc) is 2.62. The Morgan fingerprint density at radius 1 is 0.917 bits per heavy atom. The zero-order valence-corrected chi connectivity index (χ0v) is 14.0. The van der Waals surface area contributed by atoms with E-state index in [-0.39, 0.29) is 4.90 Å². The van der Waals surface area contributed by atoms with Crippen molar-refractivity contribution in [2.45, 2.75) is 24.2 Å². The summed E-state index contributed by atoms with van der Waals surface area (Å²) < 4.78 is 42.4. The second-order valence-electron chi connectivity index (χ2n) is 5.76. The van der Waals surface area contributed by atoms with E-state index in [4.69, 9.17) is 0 Å². The molecule has 2 aromatic carbocycles. The number of halogens is 1. The minimum Gasteiger partial charge on any atom is -0.355 e. The molecule has 0 N–H and O–H groups in total. The van der Waals surface area contributed by atoms with Crippen LogP contribution < -0.4 is 0 Å². The summed E-state index contributed by atoms with van der Waals surface area (Å²) >= 11 is 0. The summed E-state index contributed by atoms with van der Waals surface area (Å²) in [5.74, 6) is -0.0168. The maximum absolute atomic E-state index is 13.1. The summed E-state index contributed by atoms with van der Waals surface area (Å²) in [6.07, 6.45) is 3.17. The highest BCUT2D eigenvalue weighted by Crippen LogP contribution is 2.19. The second-order valence-corrected chi connectivity index (χ2v) is 7.36. The summed E-state index contributed by atoms with van der Waals surface area (Å²) in [6, 6.07) is 14.1. The van der Waals surface area contributed by atoms with Gasteiger partial charge in [0.05, 0.1) is 4.90 Å². The number of rotatable bonds is 3. The van der Waals surface area contributed by atoms with Crippen LogP contribution in [-0.4, -0.2) is 32.2 Å². The molecular formula is C18H19FN2O2S. The molecule has 6 heteroatoms. The predicted molar refractivity (Wildman–Crippen MR) is 92.0 cm³/mol. The van der Waals surface area contributed by atoms with Gasteiger partial charge in [0.1, 0.15) is 11.7 Å². The first-order chi connectivity index (χ1) is 11.6. The van der Waals surface area contributed by atoms with Crippen molar-refractivity contribution >= 4 is 15.9 Å². The molecule has 3 rings (SSSR count). The lowest BCUT2D eigenvalue weighted by Gasteiger charge is -2.29. The van der Waals surface area contributed by atoms with E-state index in [0.717, 1.165) is 50.0 Å². The molecule has 4 nitrogen and oxygen atoms in total. The Hall–Kier alpha value is -2.21. The van der Waals surface area contributed by atoms with Crippen molar-refractivity contribution in [2.24, 2.45) is 4.40 Å². The van der Waals surface area contributed by atoms with Crippen LogP contribution in [0.5, 0.6) is 0 Å². The van der Waals surface area contributed by atoms with E-state index in [1.54, 1.807) is 0 Å². The van der Waals surface area contributed by atoms with Gasteiger partial charge < -0.3 is 4.90 Å². The van der Waals surface area contributed by atoms with Gasteiger partial charge in [-0.1, -0.05) is 30.3 Å². The SMILES string of the molecule is O=S(=O)(/N=C(/c1ccccc1)N1CCCCC1)c1ccc(F)cc1. The van der Waals surface area contributed by atoms with Gasteiger partial charge in [-0.15, -0.1) is 4.40 Å². The minimum atomic E-state index is -3.89. The van der Waals surface area contributed by atoms with Gasteiger partial charge in [-0.05, 0) is 43.5 Å². The lowest BCUT2D eigenvalue weighted by atomic mass is 10.1. The van der Waals surface area contributed by atoms with Crippen LogP contribution in [0.1, 0.15) is 24.8 Å². The lowest BCUT2D eigenvalue weighted by Crippen LogP contribution is -2.36. The molecule has 0 atom stereocenters. The van der Waals surface area contributed by atoms with Crippen LogP contribution in [0.4, 0.5) is 4.39 Å². The third kappa shape index (κ3) is 3.82. The smallest absolute Gasteiger partial charge is 0.284 e. The highest BCUT2D eigenvalue weighted by Gasteiger charge is 2.21. The highest BCUT2D eigenvalue weighted by atomic mass is 32.2. The molecule has 0 saturated carbocycles. The van der Waals surface area contributed by atoms with E-state index in [2.05, 4.69) is 4.40 Å². The fourth-order valence-corrected chi connectivity index (χ4v) is 3.79. The van der Waals surface area contributed by atoms with E-state index in [1.807, 2.05) is 35.2 Å². The molecule has 1 aliphatic heterocycles. The average molecular weight is 346 g/mol. The molecule has 1 heterocycles. The molecule has 0 aromatic heterocycles. The normalized spacial score (nSPS) is 16.2. The van der Waals surface area contributed by atoms with Gasteiger partial charge >= 0.3 is 0 Å². The van der Waals surface area contributed by atoms with Crippen LogP contribution in [0.25, 0.3) is 0 Å². The largest absolute Gasteiger partial charge is 0.355 e. The third-order valence-electron chi connectivity index (χ3n) is 4.01. The molecule has 2 aromatic rings. The van der Waals surface area contributed by atoms with Crippen molar-refractivity contribution in [2.75, 3.05) is 13.1 Å². The van der Waals surface area contributed by atoms with Crippen LogP contribution in [0.3, 0.4) is 0 Å². The number of hydrogen-bond acceptors (Lipinski definition) is 2. The van der Waals surface area contributed by atoms with E-state index in [0.29, 0.717) is 5.84 Å². The summed E-state index contributed by atoms with van der Waals surface area (Å²) in [7, 11) is -3.89.